The van der Waals surface area contributed by atoms with E-state index in [1.165, 1.54) is 4.90 Å². The van der Waals surface area contributed by atoms with E-state index in [0.717, 1.165) is 16.9 Å². The third kappa shape index (κ3) is 4.17. The number of likely N-dealkylation sites (N-methyl/N-ethyl adjacent to an activating group) is 1. The molecule has 1 aromatic carbocycles. The highest BCUT2D eigenvalue weighted by Gasteiger charge is 2.23. The number of rotatable bonds is 6. The van der Waals surface area contributed by atoms with Crippen LogP contribution < -0.4 is 4.90 Å². The number of benzene rings is 1. The molecule has 0 saturated heterocycles. The molecule has 0 aliphatic carbocycles. The highest BCUT2D eigenvalue weighted by atomic mass is 35.5. The molecule has 0 radical (unpaired) electrons. The minimum atomic E-state index is -1.00. The number of carboxylic acids is 1. The van der Waals surface area contributed by atoms with Gasteiger partial charge in [-0.25, -0.2) is 9.78 Å². The Morgan fingerprint density at radius 2 is 1.96 bits per heavy atom. The number of carbonyl (C=O) groups is 2. The first kappa shape index (κ1) is 19.1. The van der Waals surface area contributed by atoms with E-state index in [-0.39, 0.29) is 18.4 Å². The number of hydrogen-bond donors (Lipinski definition) is 1. The van der Waals surface area contributed by atoms with E-state index in [4.69, 9.17) is 21.4 Å². The number of fused-ring (bicyclic) bond motifs is 1. The lowest BCUT2D eigenvalue weighted by molar-refractivity contribution is -0.135. The number of ether oxygens (including phenoxy) is 1. The van der Waals surface area contributed by atoms with Crippen molar-refractivity contribution in [3.63, 3.8) is 0 Å². The molecule has 7 nitrogen and oxygen atoms in total. The van der Waals surface area contributed by atoms with Crippen molar-refractivity contribution in [2.24, 2.45) is 0 Å². The SMILES string of the molecule is Cc1c(C(=O)OCc2ccccc2)sc2nc(Cl)nc(N(C)CC(=O)O)c12. The van der Waals surface area contributed by atoms with Gasteiger partial charge in [-0.1, -0.05) is 30.3 Å². The summed E-state index contributed by atoms with van der Waals surface area (Å²) < 4.78 is 5.40. The molecule has 140 valence electrons. The predicted octanol–water partition coefficient (Wildman–Crippen LogP) is 3.53. The van der Waals surface area contributed by atoms with E-state index in [2.05, 4.69) is 9.97 Å². The fraction of sp³-hybridized carbons (Fsp3) is 0.222. The summed E-state index contributed by atoms with van der Waals surface area (Å²) in [6, 6.07) is 9.37. The molecule has 1 N–H and O–H groups in total. The number of hydrogen-bond acceptors (Lipinski definition) is 7. The molecule has 9 heteroatoms. The molecule has 0 amide bonds. The molecule has 0 aliphatic rings. The van der Waals surface area contributed by atoms with Gasteiger partial charge in [-0.15, -0.1) is 11.3 Å². The third-order valence-corrected chi connectivity index (χ3v) is 5.21. The molecule has 2 aromatic heterocycles. The van der Waals surface area contributed by atoms with Gasteiger partial charge in [-0.05, 0) is 29.7 Å². The topological polar surface area (TPSA) is 92.6 Å². The summed E-state index contributed by atoms with van der Waals surface area (Å²) in [6.07, 6.45) is 0. The van der Waals surface area contributed by atoms with Crippen LogP contribution in [0.1, 0.15) is 20.8 Å². The molecule has 0 atom stereocenters. The Balaban J connectivity index is 1.94. The first-order valence-corrected chi connectivity index (χ1v) is 9.17. The van der Waals surface area contributed by atoms with Crippen LogP contribution in [0.25, 0.3) is 10.2 Å². The maximum Gasteiger partial charge on any atom is 0.349 e. The maximum atomic E-state index is 12.6. The zero-order valence-electron chi connectivity index (χ0n) is 14.6. The Morgan fingerprint density at radius 1 is 1.26 bits per heavy atom. The number of carboxylic acid groups (broad SMARTS) is 1. The van der Waals surface area contributed by atoms with Crippen molar-refractivity contribution in [1.82, 2.24) is 9.97 Å². The summed E-state index contributed by atoms with van der Waals surface area (Å²) in [5.74, 6) is -1.11. The standard InChI is InChI=1S/C18H16ClN3O4S/c1-10-13-15(22(2)8-12(23)24)20-18(19)21-16(13)27-14(10)17(25)26-9-11-6-4-3-5-7-11/h3-7H,8-9H2,1-2H3,(H,23,24). The monoisotopic (exact) mass is 405 g/mol. The summed E-state index contributed by atoms with van der Waals surface area (Å²) >= 11 is 7.13. The normalized spacial score (nSPS) is 10.8. The Morgan fingerprint density at radius 3 is 2.63 bits per heavy atom. The molecule has 0 bridgehead atoms. The Bertz CT molecular complexity index is 1010. The highest BCUT2D eigenvalue weighted by Crippen LogP contribution is 2.36. The molecule has 0 spiro atoms. The van der Waals surface area contributed by atoms with Crippen molar-refractivity contribution < 1.29 is 19.4 Å². The van der Waals surface area contributed by atoms with Crippen LogP contribution in [0, 0.1) is 6.92 Å². The van der Waals surface area contributed by atoms with Crippen LogP contribution >= 0.6 is 22.9 Å². The molecule has 3 rings (SSSR count). The quantitative estimate of drug-likeness (QED) is 0.495. The number of aryl methyl sites for hydroxylation is 1. The average molecular weight is 406 g/mol. The van der Waals surface area contributed by atoms with E-state index in [9.17, 15) is 9.59 Å². The van der Waals surface area contributed by atoms with Crippen LogP contribution in [0.4, 0.5) is 5.82 Å². The predicted molar refractivity (Wildman–Crippen MR) is 104 cm³/mol. The molecule has 27 heavy (non-hydrogen) atoms. The second-order valence-corrected chi connectivity index (χ2v) is 7.20. The lowest BCUT2D eigenvalue weighted by Crippen LogP contribution is -2.26. The second kappa shape index (κ2) is 7.89. The molecule has 3 aromatic rings. The van der Waals surface area contributed by atoms with Crippen LogP contribution in [-0.2, 0) is 16.1 Å². The van der Waals surface area contributed by atoms with Crippen molar-refractivity contribution in [3.8, 4) is 0 Å². The molecule has 0 fully saturated rings. The Labute approximate surface area is 164 Å². The number of esters is 1. The van der Waals surface area contributed by atoms with Crippen molar-refractivity contribution in [2.75, 3.05) is 18.5 Å². The van der Waals surface area contributed by atoms with Crippen LogP contribution in [0.15, 0.2) is 30.3 Å². The summed E-state index contributed by atoms with van der Waals surface area (Å²) in [5.41, 5.74) is 1.52. The number of halogens is 1. The van der Waals surface area contributed by atoms with Gasteiger partial charge in [-0.3, -0.25) is 4.79 Å². The third-order valence-electron chi connectivity index (χ3n) is 3.88. The number of nitrogens with zero attached hydrogens (tertiary/aromatic N) is 3. The lowest BCUT2D eigenvalue weighted by Gasteiger charge is -2.17. The largest absolute Gasteiger partial charge is 0.480 e. The smallest absolute Gasteiger partial charge is 0.349 e. The van der Waals surface area contributed by atoms with Gasteiger partial charge in [-0.2, -0.15) is 4.98 Å². The van der Waals surface area contributed by atoms with Crippen molar-refractivity contribution in [2.45, 2.75) is 13.5 Å². The summed E-state index contributed by atoms with van der Waals surface area (Å²) in [5, 5.41) is 9.62. The molecular weight excluding hydrogens is 390 g/mol. The molecule has 2 heterocycles. The fourth-order valence-corrected chi connectivity index (χ4v) is 3.91. The van der Waals surface area contributed by atoms with Gasteiger partial charge in [0.1, 0.15) is 28.7 Å². The summed E-state index contributed by atoms with van der Waals surface area (Å²) in [4.78, 5) is 34.3. The van der Waals surface area contributed by atoms with E-state index in [1.807, 2.05) is 30.3 Å². The van der Waals surface area contributed by atoms with Gasteiger partial charge in [0.15, 0.2) is 0 Å². The van der Waals surface area contributed by atoms with E-state index >= 15 is 0 Å². The minimum absolute atomic E-state index is 0.0137. The zero-order chi connectivity index (χ0) is 19.6. The summed E-state index contributed by atoms with van der Waals surface area (Å²) in [6.45, 7) is 1.66. The summed E-state index contributed by atoms with van der Waals surface area (Å²) in [7, 11) is 1.59. The highest BCUT2D eigenvalue weighted by molar-refractivity contribution is 7.20. The minimum Gasteiger partial charge on any atom is -0.480 e. The van der Waals surface area contributed by atoms with Gasteiger partial charge in [0.2, 0.25) is 5.28 Å². The molecule has 0 aliphatic heterocycles. The van der Waals surface area contributed by atoms with Gasteiger partial charge in [0.25, 0.3) is 0 Å². The van der Waals surface area contributed by atoms with Crippen LogP contribution in [0.5, 0.6) is 0 Å². The van der Waals surface area contributed by atoms with Gasteiger partial charge in [0.05, 0.1) is 5.39 Å². The lowest BCUT2D eigenvalue weighted by atomic mass is 10.2. The number of thiophene rings is 1. The van der Waals surface area contributed by atoms with E-state index < -0.39 is 11.9 Å². The van der Waals surface area contributed by atoms with Crippen molar-refractivity contribution in [3.05, 3.63) is 51.6 Å². The molecule has 0 unspecified atom stereocenters. The van der Waals surface area contributed by atoms with Crippen LogP contribution in [0.3, 0.4) is 0 Å². The first-order chi connectivity index (χ1) is 12.9. The molecular formula is C18H16ClN3O4S. The zero-order valence-corrected chi connectivity index (χ0v) is 16.2. The van der Waals surface area contributed by atoms with Gasteiger partial charge < -0.3 is 14.7 Å². The van der Waals surface area contributed by atoms with Crippen molar-refractivity contribution in [1.29, 1.82) is 0 Å². The van der Waals surface area contributed by atoms with Crippen LogP contribution in [-0.4, -0.2) is 40.6 Å². The first-order valence-electron chi connectivity index (χ1n) is 7.97. The number of anilines is 1. The maximum absolute atomic E-state index is 12.6. The number of aromatic nitrogens is 2. The number of aliphatic carboxylic acids is 1. The van der Waals surface area contributed by atoms with E-state index in [0.29, 0.717) is 26.5 Å². The number of carbonyl (C=O) groups excluding carboxylic acids is 1. The second-order valence-electron chi connectivity index (χ2n) is 5.86. The average Bonchev–Trinajstić information content (AvgIpc) is 2.95. The van der Waals surface area contributed by atoms with Crippen LogP contribution in [0.2, 0.25) is 5.28 Å². The Hall–Kier alpha value is -2.71. The molecule has 0 saturated carbocycles. The Kier molecular flexibility index (Phi) is 5.57. The van der Waals surface area contributed by atoms with E-state index in [1.54, 1.807) is 14.0 Å². The fourth-order valence-electron chi connectivity index (χ4n) is 2.63. The van der Waals surface area contributed by atoms with Crippen molar-refractivity contribution >= 4 is 50.9 Å². The van der Waals surface area contributed by atoms with Gasteiger partial charge >= 0.3 is 11.9 Å². The van der Waals surface area contributed by atoms with Gasteiger partial charge in [0, 0.05) is 7.05 Å².